The third-order valence-corrected chi connectivity index (χ3v) is 3.83. The van der Waals surface area contributed by atoms with Crippen LogP contribution < -0.4 is 5.73 Å². The van der Waals surface area contributed by atoms with E-state index in [4.69, 9.17) is 5.73 Å². The van der Waals surface area contributed by atoms with E-state index in [9.17, 15) is 0 Å². The Kier molecular flexibility index (Phi) is 5.00. The highest BCUT2D eigenvalue weighted by Gasteiger charge is 2.03. The van der Waals surface area contributed by atoms with Gasteiger partial charge in [0.2, 0.25) is 0 Å². The molecule has 0 saturated heterocycles. The molecule has 0 heterocycles. The average Bonchev–Trinajstić information content (AvgIpc) is 2.42. The lowest BCUT2D eigenvalue weighted by molar-refractivity contribution is 0.331. The van der Waals surface area contributed by atoms with E-state index >= 15 is 0 Å². The van der Waals surface area contributed by atoms with Gasteiger partial charge in [0.15, 0.2) is 0 Å². The lowest BCUT2D eigenvalue weighted by Crippen LogP contribution is -2.20. The van der Waals surface area contributed by atoms with Crippen molar-refractivity contribution in [3.63, 3.8) is 0 Å². The van der Waals surface area contributed by atoms with Crippen LogP contribution in [0.2, 0.25) is 0 Å². The van der Waals surface area contributed by atoms with E-state index in [1.165, 1.54) is 11.1 Å². The molecule has 19 heavy (non-hydrogen) atoms. The van der Waals surface area contributed by atoms with Crippen molar-refractivity contribution in [1.29, 1.82) is 0 Å². The minimum absolute atomic E-state index is 0.788. The fourth-order valence-electron chi connectivity index (χ4n) is 2.02. The van der Waals surface area contributed by atoms with Gasteiger partial charge in [-0.3, -0.25) is 0 Å². The second-order valence-electron chi connectivity index (χ2n) is 4.83. The van der Waals surface area contributed by atoms with Crippen molar-refractivity contribution in [3.05, 3.63) is 64.1 Å². The van der Waals surface area contributed by atoms with Gasteiger partial charge in [0, 0.05) is 23.2 Å². The second-order valence-corrected chi connectivity index (χ2v) is 5.68. The summed E-state index contributed by atoms with van der Waals surface area (Å²) in [5.74, 6) is 0. The van der Waals surface area contributed by atoms with Crippen molar-refractivity contribution >= 4 is 21.6 Å². The summed E-state index contributed by atoms with van der Waals surface area (Å²) in [4.78, 5) is 2.32. The highest BCUT2D eigenvalue weighted by molar-refractivity contribution is 9.10. The van der Waals surface area contributed by atoms with Crippen molar-refractivity contribution in [2.45, 2.75) is 13.0 Å². The summed E-state index contributed by atoms with van der Waals surface area (Å²) in [6, 6.07) is 16.7. The number of halogens is 1. The fraction of sp³-hybridized carbons (Fsp3) is 0.250. The smallest absolute Gasteiger partial charge is 0.0458 e. The van der Waals surface area contributed by atoms with Crippen molar-refractivity contribution in [2.24, 2.45) is 0 Å². The van der Waals surface area contributed by atoms with Gasteiger partial charge < -0.3 is 10.6 Å². The van der Waals surface area contributed by atoms with Crippen LogP contribution in [-0.4, -0.2) is 18.5 Å². The largest absolute Gasteiger partial charge is 0.398 e. The lowest BCUT2D eigenvalue weighted by Gasteiger charge is -2.17. The van der Waals surface area contributed by atoms with Crippen LogP contribution in [0.4, 0.5) is 5.69 Å². The molecule has 0 atom stereocenters. The Balaban J connectivity index is 1.87. The normalized spacial score (nSPS) is 10.9. The molecule has 0 amide bonds. The monoisotopic (exact) mass is 318 g/mol. The van der Waals surface area contributed by atoms with Gasteiger partial charge in [-0.25, -0.2) is 0 Å². The van der Waals surface area contributed by atoms with Gasteiger partial charge >= 0.3 is 0 Å². The van der Waals surface area contributed by atoms with E-state index in [0.717, 1.165) is 29.7 Å². The topological polar surface area (TPSA) is 29.3 Å². The Morgan fingerprint density at radius 3 is 2.47 bits per heavy atom. The molecule has 0 radical (unpaired) electrons. The maximum Gasteiger partial charge on any atom is 0.0458 e. The summed E-state index contributed by atoms with van der Waals surface area (Å²) in [5, 5.41) is 0. The van der Waals surface area contributed by atoms with Gasteiger partial charge in [0.05, 0.1) is 0 Å². The minimum Gasteiger partial charge on any atom is -0.398 e. The van der Waals surface area contributed by atoms with Crippen LogP contribution in [0.15, 0.2) is 53.0 Å². The van der Waals surface area contributed by atoms with E-state index < -0.39 is 0 Å². The van der Waals surface area contributed by atoms with Crippen molar-refractivity contribution in [3.8, 4) is 0 Å². The predicted octanol–water partition coefficient (Wildman–Crippen LogP) is 3.71. The maximum absolute atomic E-state index is 5.79. The standard InChI is InChI=1S/C16H19BrN2/c1-19(10-9-13-5-3-2-4-6-13)12-14-7-8-16(18)15(17)11-14/h2-8,11H,9-10,12,18H2,1H3. The summed E-state index contributed by atoms with van der Waals surface area (Å²) >= 11 is 3.47. The summed E-state index contributed by atoms with van der Waals surface area (Å²) in [6.45, 7) is 1.98. The molecule has 100 valence electrons. The molecule has 2 aromatic rings. The Morgan fingerprint density at radius 2 is 1.79 bits per heavy atom. The quantitative estimate of drug-likeness (QED) is 0.852. The Morgan fingerprint density at radius 1 is 1.05 bits per heavy atom. The first-order chi connectivity index (χ1) is 9.15. The summed E-state index contributed by atoms with van der Waals surface area (Å²) in [5.41, 5.74) is 9.24. The van der Waals surface area contributed by atoms with Gasteiger partial charge in [0.1, 0.15) is 0 Å². The van der Waals surface area contributed by atoms with Crippen LogP contribution >= 0.6 is 15.9 Å². The number of hydrogen-bond donors (Lipinski definition) is 1. The first kappa shape index (κ1) is 14.1. The van der Waals surface area contributed by atoms with Crippen LogP contribution in [0.3, 0.4) is 0 Å². The zero-order valence-electron chi connectivity index (χ0n) is 11.1. The maximum atomic E-state index is 5.79. The Bertz CT molecular complexity index is 526. The molecule has 0 aliphatic rings. The third-order valence-electron chi connectivity index (χ3n) is 3.14. The molecule has 0 aliphatic carbocycles. The number of hydrogen-bond acceptors (Lipinski definition) is 2. The molecule has 3 heteroatoms. The van der Waals surface area contributed by atoms with E-state index in [0.29, 0.717) is 0 Å². The third kappa shape index (κ3) is 4.37. The SMILES string of the molecule is CN(CCc1ccccc1)Cc1ccc(N)c(Br)c1. The highest BCUT2D eigenvalue weighted by atomic mass is 79.9. The molecule has 2 N–H and O–H groups in total. The number of benzene rings is 2. The minimum atomic E-state index is 0.788. The number of rotatable bonds is 5. The molecule has 0 aliphatic heterocycles. The van der Waals surface area contributed by atoms with Crippen LogP contribution in [-0.2, 0) is 13.0 Å². The zero-order valence-corrected chi connectivity index (χ0v) is 12.7. The Labute approximate surface area is 123 Å². The number of nitrogens with zero attached hydrogens (tertiary/aromatic N) is 1. The molecule has 0 spiro atoms. The molecule has 0 fully saturated rings. The second kappa shape index (κ2) is 6.73. The van der Waals surface area contributed by atoms with Crippen molar-refractivity contribution in [2.75, 3.05) is 19.3 Å². The Hall–Kier alpha value is -1.32. The summed E-state index contributed by atoms with van der Waals surface area (Å²) in [7, 11) is 2.15. The molecule has 0 bridgehead atoms. The summed E-state index contributed by atoms with van der Waals surface area (Å²) < 4.78 is 0.974. The molecule has 2 nitrogen and oxygen atoms in total. The number of anilines is 1. The summed E-state index contributed by atoms with van der Waals surface area (Å²) in [6.07, 6.45) is 1.08. The van der Waals surface area contributed by atoms with Gasteiger partial charge in [-0.15, -0.1) is 0 Å². The number of nitrogen functional groups attached to an aromatic ring is 1. The molecule has 0 saturated carbocycles. The van der Waals surface area contributed by atoms with Gasteiger partial charge in [-0.2, -0.15) is 0 Å². The number of likely N-dealkylation sites (N-methyl/N-ethyl adjacent to an activating group) is 1. The highest BCUT2D eigenvalue weighted by Crippen LogP contribution is 2.21. The van der Waals surface area contributed by atoms with Gasteiger partial charge in [-0.1, -0.05) is 36.4 Å². The van der Waals surface area contributed by atoms with Crippen molar-refractivity contribution in [1.82, 2.24) is 4.90 Å². The fourth-order valence-corrected chi connectivity index (χ4v) is 2.45. The average molecular weight is 319 g/mol. The van der Waals surface area contributed by atoms with E-state index in [1.54, 1.807) is 0 Å². The van der Waals surface area contributed by atoms with Crippen LogP contribution in [0.1, 0.15) is 11.1 Å². The number of nitrogens with two attached hydrogens (primary N) is 1. The first-order valence-corrected chi connectivity index (χ1v) is 7.21. The van der Waals surface area contributed by atoms with E-state index in [2.05, 4.69) is 70.3 Å². The van der Waals surface area contributed by atoms with Crippen LogP contribution in [0.25, 0.3) is 0 Å². The van der Waals surface area contributed by atoms with Gasteiger partial charge in [-0.05, 0) is 52.7 Å². The predicted molar refractivity (Wildman–Crippen MR) is 85.0 cm³/mol. The lowest BCUT2D eigenvalue weighted by atomic mass is 10.1. The van der Waals surface area contributed by atoms with Crippen LogP contribution in [0.5, 0.6) is 0 Å². The van der Waals surface area contributed by atoms with E-state index in [-0.39, 0.29) is 0 Å². The van der Waals surface area contributed by atoms with Crippen LogP contribution in [0, 0.1) is 0 Å². The zero-order chi connectivity index (χ0) is 13.7. The van der Waals surface area contributed by atoms with Crippen molar-refractivity contribution < 1.29 is 0 Å². The molecule has 2 rings (SSSR count). The molecule has 2 aromatic carbocycles. The first-order valence-electron chi connectivity index (χ1n) is 6.41. The molecule has 0 unspecified atom stereocenters. The molecular formula is C16H19BrN2. The molecule has 0 aromatic heterocycles. The van der Waals surface area contributed by atoms with Gasteiger partial charge in [0.25, 0.3) is 0 Å². The van der Waals surface area contributed by atoms with E-state index in [1.807, 2.05) is 6.07 Å². The molecular weight excluding hydrogens is 300 g/mol.